The number of carbonyl (C=O) groups is 1. The minimum absolute atomic E-state index is 0.114. The van der Waals surface area contributed by atoms with E-state index in [1.807, 2.05) is 18.2 Å². The third-order valence-electron chi connectivity index (χ3n) is 3.74. The molecule has 1 saturated heterocycles. The van der Waals surface area contributed by atoms with E-state index in [-0.39, 0.29) is 11.2 Å². The summed E-state index contributed by atoms with van der Waals surface area (Å²) in [5, 5.41) is -0.279. The van der Waals surface area contributed by atoms with Crippen molar-refractivity contribution in [2.75, 3.05) is 25.1 Å². The number of hydrogen-bond acceptors (Lipinski definition) is 4. The Hall–Kier alpha value is -1.01. The largest absolute Gasteiger partial charge is 0.342 e. The van der Waals surface area contributed by atoms with E-state index < -0.39 is 9.84 Å². The maximum Gasteiger partial charge on any atom is 0.232 e. The summed E-state index contributed by atoms with van der Waals surface area (Å²) in [4.78, 5) is 13.9. The molecular formula is C15H21NO3S2. The Morgan fingerprint density at radius 2 is 1.86 bits per heavy atom. The average molecular weight is 327 g/mol. The minimum atomic E-state index is -2.97. The highest BCUT2D eigenvalue weighted by Gasteiger charge is 2.28. The van der Waals surface area contributed by atoms with Gasteiger partial charge in [0.15, 0.2) is 0 Å². The molecule has 0 aliphatic carbocycles. The van der Waals surface area contributed by atoms with Gasteiger partial charge in [0.25, 0.3) is 0 Å². The van der Waals surface area contributed by atoms with Gasteiger partial charge in [-0.2, -0.15) is 0 Å². The lowest BCUT2D eigenvalue weighted by molar-refractivity contribution is -0.129. The Balaban J connectivity index is 1.73. The van der Waals surface area contributed by atoms with Crippen LogP contribution in [0.2, 0.25) is 0 Å². The summed E-state index contributed by atoms with van der Waals surface area (Å²) in [7, 11) is -2.97. The van der Waals surface area contributed by atoms with Crippen LogP contribution in [0.4, 0.5) is 0 Å². The monoisotopic (exact) mass is 327 g/mol. The molecule has 116 valence electrons. The number of amides is 1. The zero-order valence-electron chi connectivity index (χ0n) is 12.2. The van der Waals surface area contributed by atoms with Crippen molar-refractivity contribution in [3.63, 3.8) is 0 Å². The molecule has 0 atom stereocenters. The van der Waals surface area contributed by atoms with Crippen LogP contribution in [0.15, 0.2) is 30.3 Å². The molecule has 1 aliphatic rings. The summed E-state index contributed by atoms with van der Waals surface area (Å²) in [6, 6.07) is 10.1. The highest BCUT2D eigenvalue weighted by atomic mass is 32.2. The van der Waals surface area contributed by atoms with Crippen LogP contribution >= 0.6 is 11.8 Å². The van der Waals surface area contributed by atoms with Crippen LogP contribution in [-0.4, -0.2) is 49.6 Å². The summed E-state index contributed by atoms with van der Waals surface area (Å²) in [6.45, 7) is 1.12. The standard InChI is InChI=1S/C15H21NO3S2/c1-21(18,19)14-7-9-16(10-8-14)15(17)12-20-11-13-5-3-2-4-6-13/h2-6,14H,7-12H2,1H3. The fourth-order valence-corrected chi connectivity index (χ4v) is 4.41. The summed E-state index contributed by atoms with van der Waals surface area (Å²) in [5.41, 5.74) is 1.21. The predicted octanol–water partition coefficient (Wildman–Crippen LogP) is 1.96. The molecule has 4 nitrogen and oxygen atoms in total. The Kier molecular flexibility index (Phi) is 5.70. The van der Waals surface area contributed by atoms with Gasteiger partial charge in [-0.15, -0.1) is 11.8 Å². The van der Waals surface area contributed by atoms with Crippen molar-refractivity contribution < 1.29 is 13.2 Å². The van der Waals surface area contributed by atoms with Gasteiger partial charge in [-0.3, -0.25) is 4.79 Å². The molecule has 6 heteroatoms. The molecule has 0 N–H and O–H groups in total. The van der Waals surface area contributed by atoms with Crippen molar-refractivity contribution in [2.24, 2.45) is 0 Å². The summed E-state index contributed by atoms with van der Waals surface area (Å²) in [5.74, 6) is 1.40. The fraction of sp³-hybridized carbons (Fsp3) is 0.533. The minimum Gasteiger partial charge on any atom is -0.342 e. The van der Waals surface area contributed by atoms with Crippen LogP contribution in [0.25, 0.3) is 0 Å². The predicted molar refractivity (Wildman–Crippen MR) is 87.0 cm³/mol. The third-order valence-corrected chi connectivity index (χ3v) is 6.41. The number of carbonyl (C=O) groups excluding carboxylic acids is 1. The molecular weight excluding hydrogens is 306 g/mol. The molecule has 0 radical (unpaired) electrons. The van der Waals surface area contributed by atoms with E-state index >= 15 is 0 Å². The lowest BCUT2D eigenvalue weighted by atomic mass is 10.1. The van der Waals surface area contributed by atoms with E-state index in [4.69, 9.17) is 0 Å². The van der Waals surface area contributed by atoms with Gasteiger partial charge in [0.1, 0.15) is 9.84 Å². The van der Waals surface area contributed by atoms with E-state index in [0.29, 0.717) is 31.7 Å². The van der Waals surface area contributed by atoms with Gasteiger partial charge in [0.2, 0.25) is 5.91 Å². The van der Waals surface area contributed by atoms with E-state index in [2.05, 4.69) is 12.1 Å². The van der Waals surface area contributed by atoms with Gasteiger partial charge in [-0.1, -0.05) is 30.3 Å². The number of benzene rings is 1. The van der Waals surface area contributed by atoms with Crippen LogP contribution in [0.1, 0.15) is 18.4 Å². The number of sulfone groups is 1. The Labute approximate surface area is 130 Å². The molecule has 21 heavy (non-hydrogen) atoms. The molecule has 0 bridgehead atoms. The SMILES string of the molecule is CS(=O)(=O)C1CCN(C(=O)CSCc2ccccc2)CC1. The van der Waals surface area contributed by atoms with E-state index in [0.717, 1.165) is 5.75 Å². The lowest BCUT2D eigenvalue weighted by Gasteiger charge is -2.31. The quantitative estimate of drug-likeness (QED) is 0.829. The topological polar surface area (TPSA) is 54.5 Å². The Morgan fingerprint density at radius 1 is 1.24 bits per heavy atom. The molecule has 0 spiro atoms. The number of nitrogens with zero attached hydrogens (tertiary/aromatic N) is 1. The molecule has 1 heterocycles. The van der Waals surface area contributed by atoms with Crippen molar-refractivity contribution in [3.05, 3.63) is 35.9 Å². The maximum absolute atomic E-state index is 12.1. The fourth-order valence-electron chi connectivity index (χ4n) is 2.46. The first kappa shape index (κ1) is 16.4. The molecule has 2 rings (SSSR count). The van der Waals surface area contributed by atoms with Gasteiger partial charge < -0.3 is 4.90 Å². The molecule has 0 aromatic heterocycles. The van der Waals surface area contributed by atoms with E-state index in [1.165, 1.54) is 11.8 Å². The highest BCUT2D eigenvalue weighted by Crippen LogP contribution is 2.19. The summed E-state index contributed by atoms with van der Waals surface area (Å²) < 4.78 is 23.0. The molecule has 1 fully saturated rings. The first-order valence-corrected chi connectivity index (χ1v) is 10.2. The molecule has 1 aromatic carbocycles. The zero-order valence-corrected chi connectivity index (χ0v) is 13.8. The smallest absolute Gasteiger partial charge is 0.232 e. The maximum atomic E-state index is 12.1. The van der Waals surface area contributed by atoms with Gasteiger partial charge in [-0.25, -0.2) is 8.42 Å². The second-order valence-electron chi connectivity index (χ2n) is 5.39. The van der Waals surface area contributed by atoms with Gasteiger partial charge in [0, 0.05) is 25.1 Å². The van der Waals surface area contributed by atoms with Crippen molar-refractivity contribution in [1.29, 1.82) is 0 Å². The van der Waals surface area contributed by atoms with Crippen LogP contribution in [-0.2, 0) is 20.4 Å². The van der Waals surface area contributed by atoms with Crippen LogP contribution in [0.3, 0.4) is 0 Å². The molecule has 0 unspecified atom stereocenters. The summed E-state index contributed by atoms with van der Waals surface area (Å²) >= 11 is 1.60. The van der Waals surface area contributed by atoms with E-state index in [1.54, 1.807) is 16.7 Å². The molecule has 1 amide bonds. The first-order valence-electron chi connectivity index (χ1n) is 7.05. The molecule has 0 saturated carbocycles. The van der Waals surface area contributed by atoms with Crippen LogP contribution in [0, 0.1) is 0 Å². The van der Waals surface area contributed by atoms with Gasteiger partial charge >= 0.3 is 0 Å². The second-order valence-corrected chi connectivity index (χ2v) is 8.70. The number of hydrogen-bond donors (Lipinski definition) is 0. The average Bonchev–Trinajstić information content (AvgIpc) is 2.47. The highest BCUT2D eigenvalue weighted by molar-refractivity contribution is 7.99. The zero-order chi connectivity index (χ0) is 15.3. The summed E-state index contributed by atoms with van der Waals surface area (Å²) in [6.07, 6.45) is 2.41. The van der Waals surface area contributed by atoms with Crippen molar-refractivity contribution in [2.45, 2.75) is 23.8 Å². The van der Waals surface area contributed by atoms with Gasteiger partial charge in [-0.05, 0) is 18.4 Å². The van der Waals surface area contributed by atoms with Crippen molar-refractivity contribution in [1.82, 2.24) is 4.90 Å². The third kappa shape index (κ3) is 5.04. The lowest BCUT2D eigenvalue weighted by Crippen LogP contribution is -2.43. The number of thioether (sulfide) groups is 1. The Morgan fingerprint density at radius 3 is 2.43 bits per heavy atom. The number of rotatable bonds is 5. The van der Waals surface area contributed by atoms with Crippen molar-refractivity contribution >= 4 is 27.5 Å². The molecule has 1 aliphatic heterocycles. The van der Waals surface area contributed by atoms with Gasteiger partial charge in [0.05, 0.1) is 11.0 Å². The van der Waals surface area contributed by atoms with Crippen molar-refractivity contribution in [3.8, 4) is 0 Å². The van der Waals surface area contributed by atoms with E-state index in [9.17, 15) is 13.2 Å². The molecule has 1 aromatic rings. The normalized spacial score (nSPS) is 16.9. The first-order chi connectivity index (χ1) is 9.97. The number of likely N-dealkylation sites (tertiary alicyclic amines) is 1. The number of piperidine rings is 1. The van der Waals surface area contributed by atoms with Crippen LogP contribution < -0.4 is 0 Å². The second kappa shape index (κ2) is 7.31. The van der Waals surface area contributed by atoms with Crippen LogP contribution in [0.5, 0.6) is 0 Å². The Bertz CT molecular complexity index is 564.